The van der Waals surface area contributed by atoms with Crippen LogP contribution in [0.25, 0.3) is 5.65 Å². The summed E-state index contributed by atoms with van der Waals surface area (Å²) in [6, 6.07) is 3.71. The summed E-state index contributed by atoms with van der Waals surface area (Å²) >= 11 is 0. The van der Waals surface area contributed by atoms with Crippen LogP contribution in [0.5, 0.6) is 0 Å². The number of pyridine rings is 1. The van der Waals surface area contributed by atoms with E-state index in [1.165, 1.54) is 4.40 Å². The fraction of sp³-hybridized carbons (Fsp3) is 0.438. The fourth-order valence-electron chi connectivity index (χ4n) is 2.38. The highest BCUT2D eigenvalue weighted by Crippen LogP contribution is 2.14. The molecule has 0 spiro atoms. The monoisotopic (exact) mass is 287 g/mol. The van der Waals surface area contributed by atoms with E-state index in [0.717, 1.165) is 18.4 Å². The van der Waals surface area contributed by atoms with Gasteiger partial charge in [0.1, 0.15) is 11.3 Å². The second-order valence-corrected chi connectivity index (χ2v) is 5.31. The Bertz CT molecular complexity index is 730. The lowest BCUT2D eigenvalue weighted by molar-refractivity contribution is -0.120. The van der Waals surface area contributed by atoms with Gasteiger partial charge < -0.3 is 5.32 Å². The number of carbonyl (C=O) groups is 1. The lowest BCUT2D eigenvalue weighted by atomic mass is 10.0. The standard InChI is InChI=1S/C16H21N3O2/c1-5-12(6-2)15(20)18-14-11(4)17-13-8-7-10(3)9-19(13)16(14)21/h7-9,12H,5-6H2,1-4H3,(H,18,20). The summed E-state index contributed by atoms with van der Waals surface area (Å²) in [5, 5.41) is 2.76. The SMILES string of the molecule is CCC(CC)C(=O)Nc1c(C)nc2ccc(C)cn2c1=O. The van der Waals surface area contributed by atoms with Crippen LogP contribution in [0.4, 0.5) is 5.69 Å². The smallest absolute Gasteiger partial charge is 0.281 e. The molecule has 2 rings (SSSR count). The van der Waals surface area contributed by atoms with Crippen molar-refractivity contribution < 1.29 is 4.79 Å². The summed E-state index contributed by atoms with van der Waals surface area (Å²) in [4.78, 5) is 29.1. The number of fused-ring (bicyclic) bond motifs is 1. The number of hydrogen-bond acceptors (Lipinski definition) is 3. The minimum atomic E-state index is -0.236. The minimum absolute atomic E-state index is 0.0815. The molecule has 112 valence electrons. The molecule has 0 radical (unpaired) electrons. The van der Waals surface area contributed by atoms with Crippen LogP contribution in [0.2, 0.25) is 0 Å². The third-order valence-electron chi connectivity index (χ3n) is 3.76. The van der Waals surface area contributed by atoms with Crippen molar-refractivity contribution in [3.05, 3.63) is 39.9 Å². The van der Waals surface area contributed by atoms with Crippen molar-refractivity contribution in [2.24, 2.45) is 5.92 Å². The van der Waals surface area contributed by atoms with Gasteiger partial charge in [-0.3, -0.25) is 14.0 Å². The molecule has 5 heteroatoms. The number of aromatic nitrogens is 2. The first-order valence-corrected chi connectivity index (χ1v) is 7.28. The number of hydrogen-bond donors (Lipinski definition) is 1. The average Bonchev–Trinajstić information content (AvgIpc) is 2.46. The van der Waals surface area contributed by atoms with E-state index in [1.54, 1.807) is 19.2 Å². The zero-order valence-corrected chi connectivity index (χ0v) is 12.9. The van der Waals surface area contributed by atoms with Crippen molar-refractivity contribution in [1.29, 1.82) is 0 Å². The summed E-state index contributed by atoms with van der Waals surface area (Å²) in [5.74, 6) is -0.198. The van der Waals surface area contributed by atoms with Gasteiger partial charge in [-0.15, -0.1) is 0 Å². The summed E-state index contributed by atoms with van der Waals surface area (Å²) in [6.45, 7) is 7.59. The summed E-state index contributed by atoms with van der Waals surface area (Å²) in [7, 11) is 0. The van der Waals surface area contributed by atoms with E-state index >= 15 is 0 Å². The highest BCUT2D eigenvalue weighted by molar-refractivity contribution is 5.92. The molecule has 2 heterocycles. The second kappa shape index (κ2) is 6.08. The van der Waals surface area contributed by atoms with Crippen LogP contribution >= 0.6 is 0 Å². The van der Waals surface area contributed by atoms with E-state index < -0.39 is 0 Å². The number of anilines is 1. The second-order valence-electron chi connectivity index (χ2n) is 5.31. The summed E-state index contributed by atoms with van der Waals surface area (Å²) in [6.07, 6.45) is 3.24. The van der Waals surface area contributed by atoms with Crippen molar-refractivity contribution in [1.82, 2.24) is 9.38 Å². The molecule has 1 amide bonds. The van der Waals surface area contributed by atoms with Gasteiger partial charge in [0, 0.05) is 12.1 Å². The number of rotatable bonds is 4. The number of aryl methyl sites for hydroxylation is 2. The van der Waals surface area contributed by atoms with Gasteiger partial charge in [0.25, 0.3) is 5.56 Å². The average molecular weight is 287 g/mol. The number of nitrogens with one attached hydrogen (secondary N) is 1. The Morgan fingerprint density at radius 3 is 2.57 bits per heavy atom. The molecule has 0 unspecified atom stereocenters. The lowest BCUT2D eigenvalue weighted by Gasteiger charge is -2.14. The molecule has 1 N–H and O–H groups in total. The molecular formula is C16H21N3O2. The van der Waals surface area contributed by atoms with Crippen LogP contribution in [-0.4, -0.2) is 15.3 Å². The Balaban J connectivity index is 2.49. The Kier molecular flexibility index (Phi) is 4.40. The Hall–Kier alpha value is -2.17. The molecule has 0 bridgehead atoms. The first kappa shape index (κ1) is 15.2. The third-order valence-corrected chi connectivity index (χ3v) is 3.76. The van der Waals surface area contributed by atoms with Crippen LogP contribution < -0.4 is 10.9 Å². The molecule has 0 fully saturated rings. The summed E-state index contributed by atoms with van der Waals surface area (Å²) < 4.78 is 1.48. The largest absolute Gasteiger partial charge is 0.320 e. The number of nitrogens with zero attached hydrogens (tertiary/aromatic N) is 2. The highest BCUT2D eigenvalue weighted by atomic mass is 16.2. The van der Waals surface area contributed by atoms with Crippen LogP contribution in [0, 0.1) is 19.8 Å². The molecule has 0 aromatic carbocycles. The molecule has 21 heavy (non-hydrogen) atoms. The van der Waals surface area contributed by atoms with Gasteiger partial charge >= 0.3 is 0 Å². The zero-order chi connectivity index (χ0) is 15.6. The number of amides is 1. The van der Waals surface area contributed by atoms with Gasteiger partial charge in [-0.2, -0.15) is 0 Å². The Morgan fingerprint density at radius 1 is 1.29 bits per heavy atom. The molecule has 0 aliphatic heterocycles. The van der Waals surface area contributed by atoms with E-state index in [-0.39, 0.29) is 23.1 Å². The van der Waals surface area contributed by atoms with Gasteiger partial charge in [-0.1, -0.05) is 19.9 Å². The highest BCUT2D eigenvalue weighted by Gasteiger charge is 2.18. The van der Waals surface area contributed by atoms with E-state index in [2.05, 4.69) is 10.3 Å². The maximum absolute atomic E-state index is 12.5. The molecule has 0 atom stereocenters. The molecular weight excluding hydrogens is 266 g/mol. The molecule has 0 saturated heterocycles. The van der Waals surface area contributed by atoms with Crippen LogP contribution in [0.1, 0.15) is 37.9 Å². The first-order valence-electron chi connectivity index (χ1n) is 7.28. The zero-order valence-electron chi connectivity index (χ0n) is 12.9. The lowest BCUT2D eigenvalue weighted by Crippen LogP contribution is -2.28. The van der Waals surface area contributed by atoms with Crippen LogP contribution in [-0.2, 0) is 4.79 Å². The van der Waals surface area contributed by atoms with Crippen molar-refractivity contribution in [3.8, 4) is 0 Å². The topological polar surface area (TPSA) is 63.5 Å². The molecule has 0 saturated carbocycles. The van der Waals surface area contributed by atoms with Crippen molar-refractivity contribution in [2.45, 2.75) is 40.5 Å². The van der Waals surface area contributed by atoms with E-state index in [1.807, 2.05) is 26.8 Å². The predicted molar refractivity (Wildman–Crippen MR) is 83.6 cm³/mol. The molecule has 0 aliphatic carbocycles. The van der Waals surface area contributed by atoms with Gasteiger partial charge in [0.05, 0.1) is 5.69 Å². The van der Waals surface area contributed by atoms with Crippen LogP contribution in [0.15, 0.2) is 23.1 Å². The maximum atomic E-state index is 12.5. The number of carbonyl (C=O) groups excluding carboxylic acids is 1. The van der Waals surface area contributed by atoms with Crippen LogP contribution in [0.3, 0.4) is 0 Å². The maximum Gasteiger partial charge on any atom is 0.281 e. The van der Waals surface area contributed by atoms with Gasteiger partial charge in [-0.05, 0) is 38.3 Å². The summed E-state index contributed by atoms with van der Waals surface area (Å²) in [5.41, 5.74) is 2.13. The van der Waals surface area contributed by atoms with Crippen molar-refractivity contribution in [3.63, 3.8) is 0 Å². The quantitative estimate of drug-likeness (QED) is 0.940. The third kappa shape index (κ3) is 2.96. The molecule has 5 nitrogen and oxygen atoms in total. The van der Waals surface area contributed by atoms with E-state index in [0.29, 0.717) is 11.3 Å². The van der Waals surface area contributed by atoms with E-state index in [9.17, 15) is 9.59 Å². The predicted octanol–water partition coefficient (Wildman–Crippen LogP) is 2.69. The van der Waals surface area contributed by atoms with Gasteiger partial charge in [0.2, 0.25) is 5.91 Å². The molecule has 2 aromatic rings. The van der Waals surface area contributed by atoms with Gasteiger partial charge in [0.15, 0.2) is 0 Å². The fourth-order valence-corrected chi connectivity index (χ4v) is 2.38. The Labute approximate surface area is 124 Å². The molecule has 2 aromatic heterocycles. The van der Waals surface area contributed by atoms with E-state index in [4.69, 9.17) is 0 Å². The van der Waals surface area contributed by atoms with Gasteiger partial charge in [-0.25, -0.2) is 4.98 Å². The molecule has 0 aliphatic rings. The van der Waals surface area contributed by atoms with Crippen molar-refractivity contribution >= 4 is 17.2 Å². The normalized spacial score (nSPS) is 11.1. The minimum Gasteiger partial charge on any atom is -0.320 e. The van der Waals surface area contributed by atoms with Crippen molar-refractivity contribution in [2.75, 3.05) is 5.32 Å². The first-order chi connectivity index (χ1) is 9.97. The Morgan fingerprint density at radius 2 is 1.95 bits per heavy atom.